The molecule has 0 saturated heterocycles. The molecule has 0 unspecified atom stereocenters. The molecule has 0 heterocycles. The van der Waals surface area contributed by atoms with Crippen LogP contribution < -0.4 is 10.6 Å². The highest BCUT2D eigenvalue weighted by Crippen LogP contribution is 2.05. The number of rotatable bonds is 15. The number of hydrogen-bond acceptors (Lipinski definition) is 6. The first-order valence-electron chi connectivity index (χ1n) is 9.08. The molecule has 1 aromatic rings. The van der Waals surface area contributed by atoms with Crippen molar-refractivity contribution in [3.63, 3.8) is 0 Å². The van der Waals surface area contributed by atoms with Crippen molar-refractivity contribution in [1.29, 1.82) is 0 Å². The van der Waals surface area contributed by atoms with Gasteiger partial charge in [0.15, 0.2) is 0 Å². The number of hydrogen-bond donors (Lipinski definition) is 2. The van der Waals surface area contributed by atoms with Gasteiger partial charge in [-0.05, 0) is 31.7 Å². The van der Waals surface area contributed by atoms with E-state index < -0.39 is 0 Å². The molecule has 0 radical (unpaired) electrons. The molecule has 1 rings (SSSR count). The van der Waals surface area contributed by atoms with E-state index in [1.807, 2.05) is 38.2 Å². The van der Waals surface area contributed by atoms with Crippen LogP contribution in [0.1, 0.15) is 22.8 Å². The maximum absolute atomic E-state index is 12.1. The zero-order chi connectivity index (χ0) is 19.0. The Morgan fingerprint density at radius 1 is 1.08 bits per heavy atom. The molecular weight excluding hydrogens is 334 g/mol. The van der Waals surface area contributed by atoms with Gasteiger partial charge in [0.25, 0.3) is 5.91 Å². The van der Waals surface area contributed by atoms with Gasteiger partial charge in [-0.1, -0.05) is 12.1 Å². The maximum Gasteiger partial charge on any atom is 0.251 e. The fourth-order valence-electron chi connectivity index (χ4n) is 2.18. The number of carbonyl (C=O) groups is 1. The summed E-state index contributed by atoms with van der Waals surface area (Å²) in [7, 11) is 3.68. The van der Waals surface area contributed by atoms with Crippen molar-refractivity contribution in [2.75, 3.05) is 66.9 Å². The lowest BCUT2D eigenvalue weighted by atomic mass is 10.1. The van der Waals surface area contributed by atoms with Crippen molar-refractivity contribution >= 4 is 5.91 Å². The van der Waals surface area contributed by atoms with Crippen molar-refractivity contribution in [2.24, 2.45) is 0 Å². The first-order chi connectivity index (χ1) is 12.7. The van der Waals surface area contributed by atoms with E-state index in [0.717, 1.165) is 25.2 Å². The third-order valence-electron chi connectivity index (χ3n) is 3.77. The smallest absolute Gasteiger partial charge is 0.251 e. The molecule has 148 valence electrons. The van der Waals surface area contributed by atoms with E-state index in [0.29, 0.717) is 45.3 Å². The van der Waals surface area contributed by atoms with Crippen LogP contribution in [-0.2, 0) is 20.8 Å². The highest BCUT2D eigenvalue weighted by molar-refractivity contribution is 5.94. The van der Waals surface area contributed by atoms with Crippen LogP contribution in [0, 0.1) is 0 Å². The van der Waals surface area contributed by atoms with Crippen LogP contribution >= 0.6 is 0 Å². The molecule has 7 nitrogen and oxygen atoms in total. The summed E-state index contributed by atoms with van der Waals surface area (Å²) < 4.78 is 15.6. The molecule has 2 N–H and O–H groups in total. The van der Waals surface area contributed by atoms with Crippen molar-refractivity contribution in [3.05, 3.63) is 35.4 Å². The summed E-state index contributed by atoms with van der Waals surface area (Å²) in [5.41, 5.74) is 1.74. The summed E-state index contributed by atoms with van der Waals surface area (Å²) in [4.78, 5) is 14.3. The molecule has 1 aromatic carbocycles. The largest absolute Gasteiger partial charge is 0.382 e. The molecule has 7 heteroatoms. The summed E-state index contributed by atoms with van der Waals surface area (Å²) in [6, 6.07) is 7.52. The first kappa shape index (κ1) is 22.5. The van der Waals surface area contributed by atoms with Crippen molar-refractivity contribution in [2.45, 2.75) is 13.5 Å². The quantitative estimate of drug-likeness (QED) is 0.357. The van der Waals surface area contributed by atoms with E-state index in [2.05, 4.69) is 15.5 Å². The lowest BCUT2D eigenvalue weighted by Gasteiger charge is -2.17. The number of carbonyl (C=O) groups excluding carboxylic acids is 1. The fourth-order valence-corrected chi connectivity index (χ4v) is 2.18. The summed E-state index contributed by atoms with van der Waals surface area (Å²) in [6.07, 6.45) is 0. The Balaban J connectivity index is 2.11. The van der Waals surface area contributed by atoms with Gasteiger partial charge in [0.1, 0.15) is 0 Å². The van der Waals surface area contributed by atoms with Gasteiger partial charge in [-0.15, -0.1) is 0 Å². The molecule has 0 saturated carbocycles. The van der Waals surface area contributed by atoms with Gasteiger partial charge in [-0.3, -0.25) is 10.1 Å². The lowest BCUT2D eigenvalue weighted by molar-refractivity contribution is 0.0602. The van der Waals surface area contributed by atoms with E-state index in [1.54, 1.807) is 7.11 Å². The van der Waals surface area contributed by atoms with Gasteiger partial charge in [-0.25, -0.2) is 0 Å². The number of nitrogens with zero attached hydrogens (tertiary/aromatic N) is 1. The Kier molecular flexibility index (Phi) is 12.7. The van der Waals surface area contributed by atoms with Crippen molar-refractivity contribution in [3.8, 4) is 0 Å². The first-order valence-corrected chi connectivity index (χ1v) is 9.08. The van der Waals surface area contributed by atoms with Gasteiger partial charge in [0.05, 0.1) is 26.6 Å². The molecule has 0 aliphatic heterocycles. The molecule has 0 fully saturated rings. The Hall–Kier alpha value is -1.51. The van der Waals surface area contributed by atoms with Gasteiger partial charge >= 0.3 is 0 Å². The number of ether oxygens (including phenoxy) is 3. The summed E-state index contributed by atoms with van der Waals surface area (Å²) in [5.74, 6) is -0.0500. The Bertz CT molecular complexity index is 482. The second kappa shape index (κ2) is 14.6. The zero-order valence-electron chi connectivity index (χ0n) is 16.3. The highest BCUT2D eigenvalue weighted by Gasteiger charge is 2.05. The van der Waals surface area contributed by atoms with Crippen LogP contribution in [0.3, 0.4) is 0 Å². The standard InChI is InChI=1S/C19H33N3O4/c1-4-25-15-17-5-7-18(8-6-17)19(23)21-10-12-22(2)11-9-20-16-26-14-13-24-3/h5-8,20H,4,9-16H2,1-3H3,(H,21,23). The van der Waals surface area contributed by atoms with Gasteiger partial charge in [-0.2, -0.15) is 0 Å². The topological polar surface area (TPSA) is 72.1 Å². The van der Waals surface area contributed by atoms with Crippen LogP contribution in [0.4, 0.5) is 0 Å². The Labute approximate surface area is 157 Å². The van der Waals surface area contributed by atoms with Gasteiger partial charge in [0.2, 0.25) is 0 Å². The molecule has 0 aromatic heterocycles. The van der Waals surface area contributed by atoms with Crippen LogP contribution in [-0.4, -0.2) is 77.7 Å². The van der Waals surface area contributed by atoms with Crippen LogP contribution in [0.15, 0.2) is 24.3 Å². The molecular formula is C19H33N3O4. The number of benzene rings is 1. The van der Waals surface area contributed by atoms with Crippen molar-refractivity contribution in [1.82, 2.24) is 15.5 Å². The minimum atomic E-state index is -0.0500. The van der Waals surface area contributed by atoms with Gasteiger partial charge in [0, 0.05) is 45.5 Å². The minimum absolute atomic E-state index is 0.0500. The van der Waals surface area contributed by atoms with E-state index in [4.69, 9.17) is 14.2 Å². The molecule has 0 spiro atoms. The average molecular weight is 367 g/mol. The summed E-state index contributed by atoms with van der Waals surface area (Å²) >= 11 is 0. The Morgan fingerprint density at radius 2 is 1.81 bits per heavy atom. The Morgan fingerprint density at radius 3 is 2.50 bits per heavy atom. The second-order valence-electron chi connectivity index (χ2n) is 5.94. The molecule has 26 heavy (non-hydrogen) atoms. The maximum atomic E-state index is 12.1. The van der Waals surface area contributed by atoms with Crippen LogP contribution in [0.25, 0.3) is 0 Å². The number of nitrogens with one attached hydrogen (secondary N) is 2. The predicted octanol–water partition coefficient (Wildman–Crippen LogP) is 1.09. The minimum Gasteiger partial charge on any atom is -0.382 e. The van der Waals surface area contributed by atoms with Gasteiger partial charge < -0.3 is 24.4 Å². The SMILES string of the molecule is CCOCc1ccc(C(=O)NCCN(C)CCNCOCCOC)cc1. The highest BCUT2D eigenvalue weighted by atomic mass is 16.5. The molecule has 0 aliphatic carbocycles. The predicted molar refractivity (Wildman–Crippen MR) is 102 cm³/mol. The zero-order valence-corrected chi connectivity index (χ0v) is 16.3. The second-order valence-corrected chi connectivity index (χ2v) is 5.94. The third kappa shape index (κ3) is 10.5. The average Bonchev–Trinajstić information content (AvgIpc) is 2.66. The molecule has 1 amide bonds. The number of likely N-dealkylation sites (N-methyl/N-ethyl adjacent to an activating group) is 1. The lowest BCUT2D eigenvalue weighted by Crippen LogP contribution is -2.36. The summed E-state index contributed by atoms with van der Waals surface area (Å²) in [6.45, 7) is 8.07. The van der Waals surface area contributed by atoms with E-state index in [9.17, 15) is 4.79 Å². The fraction of sp³-hybridized carbons (Fsp3) is 0.632. The number of methoxy groups -OCH3 is 1. The number of amides is 1. The van der Waals surface area contributed by atoms with Crippen molar-refractivity contribution < 1.29 is 19.0 Å². The molecule has 0 bridgehead atoms. The third-order valence-corrected chi connectivity index (χ3v) is 3.77. The normalized spacial score (nSPS) is 11.1. The van der Waals surface area contributed by atoms with E-state index >= 15 is 0 Å². The van der Waals surface area contributed by atoms with E-state index in [-0.39, 0.29) is 5.91 Å². The van der Waals surface area contributed by atoms with Crippen LogP contribution in [0.5, 0.6) is 0 Å². The van der Waals surface area contributed by atoms with Crippen LogP contribution in [0.2, 0.25) is 0 Å². The summed E-state index contributed by atoms with van der Waals surface area (Å²) in [5, 5.41) is 6.15. The van der Waals surface area contributed by atoms with E-state index in [1.165, 1.54) is 0 Å². The molecule has 0 aliphatic rings. The monoisotopic (exact) mass is 367 g/mol. The molecule has 0 atom stereocenters.